The van der Waals surface area contributed by atoms with Gasteiger partial charge in [-0.05, 0) is 73.1 Å². The lowest BCUT2D eigenvalue weighted by molar-refractivity contribution is 0.0984. The lowest BCUT2D eigenvalue weighted by atomic mass is 9.91. The Kier molecular flexibility index (Phi) is 6.14. The summed E-state index contributed by atoms with van der Waals surface area (Å²) >= 11 is 1.66. The van der Waals surface area contributed by atoms with E-state index >= 15 is 0 Å². The van der Waals surface area contributed by atoms with E-state index in [4.69, 9.17) is 0 Å². The van der Waals surface area contributed by atoms with Crippen LogP contribution in [-0.2, 0) is 32.9 Å². The maximum absolute atomic E-state index is 13.7. The summed E-state index contributed by atoms with van der Waals surface area (Å²) < 4.78 is 1.52. The van der Waals surface area contributed by atoms with Crippen molar-refractivity contribution in [3.8, 4) is 11.1 Å². The van der Waals surface area contributed by atoms with Crippen molar-refractivity contribution in [3.63, 3.8) is 0 Å². The molecular weight excluding hydrogens is 484 g/mol. The van der Waals surface area contributed by atoms with Crippen LogP contribution in [0.1, 0.15) is 44.1 Å². The average Bonchev–Trinajstić information content (AvgIpc) is 3.31. The Morgan fingerprint density at radius 3 is 2.76 bits per heavy atom. The second-order valence-electron chi connectivity index (χ2n) is 9.61. The highest BCUT2D eigenvalue weighted by atomic mass is 32.1. The Balaban J connectivity index is 1.40. The van der Waals surface area contributed by atoms with Gasteiger partial charge in [-0.3, -0.25) is 14.6 Å². The van der Waals surface area contributed by atoms with E-state index in [1.54, 1.807) is 49.1 Å². The second kappa shape index (κ2) is 9.61. The largest absolute Gasteiger partial charge is 0.392 e. The van der Waals surface area contributed by atoms with Crippen LogP contribution in [-0.4, -0.2) is 27.1 Å². The number of hydrogen-bond acceptors (Lipinski definition) is 6. The van der Waals surface area contributed by atoms with Gasteiger partial charge in [0.05, 0.1) is 29.1 Å². The zero-order valence-corrected chi connectivity index (χ0v) is 21.5. The average molecular weight is 513 g/mol. The van der Waals surface area contributed by atoms with Crippen LogP contribution in [0.3, 0.4) is 0 Å². The first kappa shape index (κ1) is 23.6. The number of carbonyl (C=O) groups is 1. The molecule has 1 amide bonds. The molecule has 0 bridgehead atoms. The van der Waals surface area contributed by atoms with Gasteiger partial charge in [-0.25, -0.2) is 0 Å². The van der Waals surface area contributed by atoms with Crippen LogP contribution in [0.2, 0.25) is 0 Å². The van der Waals surface area contributed by atoms with E-state index in [0.717, 1.165) is 41.0 Å². The fourth-order valence-electron chi connectivity index (χ4n) is 5.55. The number of rotatable bonds is 5. The molecule has 8 heteroatoms. The number of aliphatic hydroxyl groups excluding tert-OH is 1. The maximum Gasteiger partial charge on any atom is 0.274 e. The number of hydrogen-bond donors (Lipinski definition) is 2. The standard InChI is InChI=1S/C29H28N4O3S/c1-32-16-18(14-24(28(32)35)31-19-6-5-12-30-15-19)20-8-4-9-25(23(20)17-34)33-13-11-22-21-7-2-3-10-26(21)37-27(22)29(33)36/h4-6,8-9,12,14-16,31,34H,2-3,7,10-11,13,17H2,1H3. The minimum absolute atomic E-state index is 0.0203. The summed E-state index contributed by atoms with van der Waals surface area (Å²) in [6.07, 6.45) is 10.5. The summed E-state index contributed by atoms with van der Waals surface area (Å²) in [5.41, 5.74) is 6.55. The molecule has 4 aromatic rings. The molecule has 37 heavy (non-hydrogen) atoms. The molecule has 3 aromatic heterocycles. The van der Waals surface area contributed by atoms with E-state index in [1.807, 2.05) is 29.2 Å². The third kappa shape index (κ3) is 4.16. The van der Waals surface area contributed by atoms with E-state index < -0.39 is 0 Å². The van der Waals surface area contributed by atoms with Gasteiger partial charge >= 0.3 is 0 Å². The van der Waals surface area contributed by atoms with E-state index in [-0.39, 0.29) is 18.1 Å². The molecule has 188 valence electrons. The fraction of sp³-hybridized carbons (Fsp3) is 0.276. The maximum atomic E-state index is 13.7. The molecule has 4 heterocycles. The number of benzene rings is 1. The molecule has 2 N–H and O–H groups in total. The third-order valence-electron chi connectivity index (χ3n) is 7.34. The zero-order chi connectivity index (χ0) is 25.5. The molecule has 0 saturated heterocycles. The highest BCUT2D eigenvalue weighted by Crippen LogP contribution is 2.40. The predicted molar refractivity (Wildman–Crippen MR) is 147 cm³/mol. The molecule has 0 spiro atoms. The predicted octanol–water partition coefficient (Wildman–Crippen LogP) is 4.83. The highest BCUT2D eigenvalue weighted by molar-refractivity contribution is 7.14. The SMILES string of the molecule is Cn1cc(-c2cccc(N3CCc4c(sc5c4CCCC5)C3=O)c2CO)cc(Nc2cccnc2)c1=O. The van der Waals surface area contributed by atoms with Crippen LogP contribution in [0.5, 0.6) is 0 Å². The van der Waals surface area contributed by atoms with Gasteiger partial charge in [0.25, 0.3) is 11.5 Å². The van der Waals surface area contributed by atoms with Crippen molar-refractivity contribution in [3.05, 3.63) is 91.8 Å². The smallest absolute Gasteiger partial charge is 0.274 e. The van der Waals surface area contributed by atoms with E-state index in [0.29, 0.717) is 23.5 Å². The summed E-state index contributed by atoms with van der Waals surface area (Å²) in [5, 5.41) is 13.7. The van der Waals surface area contributed by atoms with Gasteiger partial charge in [0.15, 0.2) is 0 Å². The Morgan fingerprint density at radius 1 is 1.08 bits per heavy atom. The molecule has 0 fully saturated rings. The molecule has 6 rings (SSSR count). The zero-order valence-electron chi connectivity index (χ0n) is 20.7. The van der Waals surface area contributed by atoms with E-state index in [9.17, 15) is 14.7 Å². The minimum Gasteiger partial charge on any atom is -0.392 e. The van der Waals surface area contributed by atoms with Crippen LogP contribution >= 0.6 is 11.3 Å². The van der Waals surface area contributed by atoms with E-state index in [1.165, 1.54) is 33.4 Å². The number of aryl methyl sites for hydroxylation is 2. The highest BCUT2D eigenvalue weighted by Gasteiger charge is 2.33. The van der Waals surface area contributed by atoms with Crippen LogP contribution in [0, 0.1) is 0 Å². The first-order valence-electron chi connectivity index (χ1n) is 12.6. The lowest BCUT2D eigenvalue weighted by Crippen LogP contribution is -2.37. The molecule has 0 saturated carbocycles. The van der Waals surface area contributed by atoms with Gasteiger partial charge in [-0.2, -0.15) is 0 Å². The lowest BCUT2D eigenvalue weighted by Gasteiger charge is -2.30. The number of pyridine rings is 2. The van der Waals surface area contributed by atoms with Crippen molar-refractivity contribution in [2.75, 3.05) is 16.8 Å². The fourth-order valence-corrected chi connectivity index (χ4v) is 6.94. The monoisotopic (exact) mass is 512 g/mol. The van der Waals surface area contributed by atoms with Gasteiger partial charge in [0, 0.05) is 42.0 Å². The minimum atomic E-state index is -0.225. The molecule has 1 aliphatic carbocycles. The van der Waals surface area contributed by atoms with Crippen LogP contribution < -0.4 is 15.8 Å². The Hall–Kier alpha value is -3.75. The third-order valence-corrected chi connectivity index (χ3v) is 8.66. The topological polar surface area (TPSA) is 87.5 Å². The number of amides is 1. The summed E-state index contributed by atoms with van der Waals surface area (Å²) in [6, 6.07) is 11.2. The van der Waals surface area contributed by atoms with Crippen molar-refractivity contribution in [2.45, 2.75) is 38.7 Å². The second-order valence-corrected chi connectivity index (χ2v) is 10.7. The molecule has 2 aliphatic rings. The van der Waals surface area contributed by atoms with Gasteiger partial charge in [-0.1, -0.05) is 12.1 Å². The summed E-state index contributed by atoms with van der Waals surface area (Å²) in [4.78, 5) is 34.7. The van der Waals surface area contributed by atoms with Crippen molar-refractivity contribution in [2.24, 2.45) is 7.05 Å². The number of aromatic nitrogens is 2. The number of anilines is 3. The molecule has 0 radical (unpaired) electrons. The van der Waals surface area contributed by atoms with Crippen molar-refractivity contribution in [1.82, 2.24) is 9.55 Å². The molecule has 1 aromatic carbocycles. The summed E-state index contributed by atoms with van der Waals surface area (Å²) in [7, 11) is 1.71. The van der Waals surface area contributed by atoms with Crippen molar-refractivity contribution >= 4 is 34.3 Å². The number of fused-ring (bicyclic) bond motifs is 3. The van der Waals surface area contributed by atoms with Gasteiger partial charge in [0.1, 0.15) is 5.69 Å². The Bertz CT molecular complexity index is 1560. The Labute approximate surface area is 219 Å². The van der Waals surface area contributed by atoms with Crippen molar-refractivity contribution in [1.29, 1.82) is 0 Å². The summed E-state index contributed by atoms with van der Waals surface area (Å²) in [6.45, 7) is 0.365. The van der Waals surface area contributed by atoms with Crippen LogP contribution in [0.25, 0.3) is 11.1 Å². The number of nitrogens with one attached hydrogen (secondary N) is 1. The van der Waals surface area contributed by atoms with Gasteiger partial charge in [-0.15, -0.1) is 11.3 Å². The number of nitrogens with zero attached hydrogens (tertiary/aromatic N) is 3. The molecule has 0 unspecified atom stereocenters. The van der Waals surface area contributed by atoms with E-state index in [2.05, 4.69) is 10.3 Å². The van der Waals surface area contributed by atoms with Crippen LogP contribution in [0.4, 0.5) is 17.1 Å². The van der Waals surface area contributed by atoms with Gasteiger partial charge < -0.3 is 19.9 Å². The van der Waals surface area contributed by atoms with Crippen LogP contribution in [0.15, 0.2) is 59.8 Å². The van der Waals surface area contributed by atoms with Gasteiger partial charge in [0.2, 0.25) is 0 Å². The molecule has 7 nitrogen and oxygen atoms in total. The Morgan fingerprint density at radius 2 is 1.95 bits per heavy atom. The number of thiophene rings is 1. The molecule has 1 aliphatic heterocycles. The number of aliphatic hydroxyl groups is 1. The summed E-state index contributed by atoms with van der Waals surface area (Å²) in [5.74, 6) is 0.0203. The van der Waals surface area contributed by atoms with Crippen molar-refractivity contribution < 1.29 is 9.90 Å². The first-order valence-corrected chi connectivity index (χ1v) is 13.4. The normalized spacial score (nSPS) is 14.9. The number of carbonyl (C=O) groups excluding carboxylic acids is 1. The first-order chi connectivity index (χ1) is 18.0. The molecular formula is C29H28N4O3S. The quantitative estimate of drug-likeness (QED) is 0.400. The molecule has 0 atom stereocenters.